The predicted octanol–water partition coefficient (Wildman–Crippen LogP) is 4.35. The lowest BCUT2D eigenvalue weighted by Crippen LogP contribution is -2.26. The number of methoxy groups -OCH3 is 1. The monoisotopic (exact) mass is 364 g/mol. The van der Waals surface area contributed by atoms with Gasteiger partial charge in [0, 0.05) is 11.9 Å². The number of nitrogens with one attached hydrogen (secondary N) is 1. The molecule has 1 saturated carbocycles. The zero-order valence-electron chi connectivity index (χ0n) is 14.5. The molecule has 132 valence electrons. The van der Waals surface area contributed by atoms with E-state index in [1.165, 1.54) is 16.9 Å². The lowest BCUT2D eigenvalue weighted by molar-refractivity contribution is 0.0947. The van der Waals surface area contributed by atoms with Crippen molar-refractivity contribution >= 4 is 17.2 Å². The van der Waals surface area contributed by atoms with Gasteiger partial charge < -0.3 is 10.1 Å². The number of thiazole rings is 1. The molecule has 2 unspecified atom stereocenters. The number of hydrogen-bond acceptors (Lipinski definition) is 4. The second-order valence-corrected chi connectivity index (χ2v) is 7.32. The molecule has 3 aromatic rings. The molecule has 0 radical (unpaired) electrons. The van der Waals surface area contributed by atoms with E-state index in [0.717, 1.165) is 22.7 Å². The van der Waals surface area contributed by atoms with E-state index in [9.17, 15) is 4.79 Å². The largest absolute Gasteiger partial charge is 0.496 e. The van der Waals surface area contributed by atoms with Crippen LogP contribution in [0.25, 0.3) is 10.6 Å². The third kappa shape index (κ3) is 3.48. The maximum absolute atomic E-state index is 12.4. The van der Waals surface area contributed by atoms with Crippen LogP contribution in [0.3, 0.4) is 0 Å². The summed E-state index contributed by atoms with van der Waals surface area (Å²) in [6.07, 6.45) is 1.13. The second-order valence-electron chi connectivity index (χ2n) is 6.46. The highest BCUT2D eigenvalue weighted by atomic mass is 32.1. The molecule has 1 heterocycles. The highest BCUT2D eigenvalue weighted by Crippen LogP contribution is 2.46. The lowest BCUT2D eigenvalue weighted by atomic mass is 10.1. The summed E-state index contributed by atoms with van der Waals surface area (Å²) in [4.78, 5) is 16.9. The van der Waals surface area contributed by atoms with Crippen molar-refractivity contribution in [2.24, 2.45) is 5.92 Å². The molecule has 0 saturated heterocycles. The van der Waals surface area contributed by atoms with Gasteiger partial charge in [-0.2, -0.15) is 0 Å². The summed E-state index contributed by atoms with van der Waals surface area (Å²) in [7, 11) is 1.64. The van der Waals surface area contributed by atoms with Crippen molar-refractivity contribution in [3.05, 3.63) is 71.2 Å². The van der Waals surface area contributed by atoms with E-state index < -0.39 is 0 Å². The molecule has 26 heavy (non-hydrogen) atoms. The fourth-order valence-corrected chi connectivity index (χ4v) is 4.05. The Labute approximate surface area is 156 Å². The standard InChI is InChI=1S/C21H20N2O2S/c1-25-19-10-6-5-9-16(19)21-23-18(13-26-21)20(24)22-12-15-11-17(15)14-7-3-2-4-8-14/h2-10,13,15,17H,11-12H2,1H3,(H,22,24). The van der Waals surface area contributed by atoms with Crippen molar-refractivity contribution in [3.63, 3.8) is 0 Å². The number of nitrogens with zero attached hydrogens (tertiary/aromatic N) is 1. The summed E-state index contributed by atoms with van der Waals surface area (Å²) in [5.41, 5.74) is 2.73. The Morgan fingerprint density at radius 3 is 2.77 bits per heavy atom. The first-order valence-electron chi connectivity index (χ1n) is 8.68. The Bertz CT molecular complexity index is 907. The topological polar surface area (TPSA) is 51.2 Å². The molecular formula is C21H20N2O2S. The number of rotatable bonds is 6. The van der Waals surface area contributed by atoms with Crippen LogP contribution in [0.15, 0.2) is 60.0 Å². The van der Waals surface area contributed by atoms with Crippen LogP contribution in [0.2, 0.25) is 0 Å². The molecule has 1 aromatic heterocycles. The minimum atomic E-state index is -0.110. The summed E-state index contributed by atoms with van der Waals surface area (Å²) in [5, 5.41) is 5.63. The molecule has 4 rings (SSSR count). The van der Waals surface area contributed by atoms with Crippen LogP contribution < -0.4 is 10.1 Å². The Kier molecular flexibility index (Phi) is 4.71. The van der Waals surface area contributed by atoms with Gasteiger partial charge in [0.25, 0.3) is 5.91 Å². The average Bonchev–Trinajstić information content (AvgIpc) is 3.31. The number of para-hydroxylation sites is 1. The molecule has 0 aliphatic heterocycles. The molecule has 1 fully saturated rings. The van der Waals surface area contributed by atoms with Crippen molar-refractivity contribution in [1.29, 1.82) is 0 Å². The summed E-state index contributed by atoms with van der Waals surface area (Å²) < 4.78 is 5.38. The van der Waals surface area contributed by atoms with Gasteiger partial charge in [-0.25, -0.2) is 4.98 Å². The molecule has 2 atom stereocenters. The van der Waals surface area contributed by atoms with Crippen LogP contribution in [0.1, 0.15) is 28.4 Å². The van der Waals surface area contributed by atoms with E-state index in [1.54, 1.807) is 12.5 Å². The van der Waals surface area contributed by atoms with Crippen molar-refractivity contribution < 1.29 is 9.53 Å². The number of benzene rings is 2. The molecule has 1 N–H and O–H groups in total. The van der Waals surface area contributed by atoms with Crippen LogP contribution in [-0.4, -0.2) is 24.5 Å². The fraction of sp³-hybridized carbons (Fsp3) is 0.238. The third-order valence-electron chi connectivity index (χ3n) is 4.75. The Hall–Kier alpha value is -2.66. The molecule has 1 amide bonds. The Morgan fingerprint density at radius 2 is 1.96 bits per heavy atom. The van der Waals surface area contributed by atoms with Crippen LogP contribution in [0.5, 0.6) is 5.75 Å². The first-order chi connectivity index (χ1) is 12.8. The Balaban J connectivity index is 1.37. The highest BCUT2D eigenvalue weighted by molar-refractivity contribution is 7.13. The van der Waals surface area contributed by atoms with Gasteiger partial charge in [0.1, 0.15) is 16.5 Å². The van der Waals surface area contributed by atoms with Gasteiger partial charge in [-0.05, 0) is 36.0 Å². The van der Waals surface area contributed by atoms with Gasteiger partial charge in [0.2, 0.25) is 0 Å². The average molecular weight is 364 g/mol. The van der Waals surface area contributed by atoms with E-state index in [0.29, 0.717) is 24.1 Å². The van der Waals surface area contributed by atoms with Crippen LogP contribution >= 0.6 is 11.3 Å². The zero-order valence-corrected chi connectivity index (χ0v) is 15.3. The van der Waals surface area contributed by atoms with Gasteiger partial charge in [-0.3, -0.25) is 4.79 Å². The maximum atomic E-state index is 12.4. The Morgan fingerprint density at radius 1 is 1.19 bits per heavy atom. The molecule has 2 aromatic carbocycles. The van der Waals surface area contributed by atoms with Crippen molar-refractivity contribution in [1.82, 2.24) is 10.3 Å². The van der Waals surface area contributed by atoms with E-state index >= 15 is 0 Å². The molecule has 4 nitrogen and oxygen atoms in total. The molecule has 5 heteroatoms. The van der Waals surface area contributed by atoms with Gasteiger partial charge in [0.05, 0.1) is 12.7 Å². The lowest BCUT2D eigenvalue weighted by Gasteiger charge is -2.05. The van der Waals surface area contributed by atoms with Crippen molar-refractivity contribution in [3.8, 4) is 16.3 Å². The normalized spacial score (nSPS) is 18.3. The number of carbonyl (C=O) groups is 1. The quantitative estimate of drug-likeness (QED) is 0.707. The molecule has 0 spiro atoms. The highest BCUT2D eigenvalue weighted by Gasteiger charge is 2.38. The summed E-state index contributed by atoms with van der Waals surface area (Å²) >= 11 is 1.46. The third-order valence-corrected chi connectivity index (χ3v) is 5.62. The number of aromatic nitrogens is 1. The number of amides is 1. The van der Waals surface area contributed by atoms with Crippen LogP contribution in [0, 0.1) is 5.92 Å². The maximum Gasteiger partial charge on any atom is 0.270 e. The molecule has 0 bridgehead atoms. The predicted molar refractivity (Wildman–Crippen MR) is 104 cm³/mol. The molecular weight excluding hydrogens is 344 g/mol. The summed E-state index contributed by atoms with van der Waals surface area (Å²) in [5.74, 6) is 1.74. The van der Waals surface area contributed by atoms with Gasteiger partial charge in [-0.15, -0.1) is 11.3 Å². The SMILES string of the molecule is COc1ccccc1-c1nc(C(=O)NCC2CC2c2ccccc2)cs1. The summed E-state index contributed by atoms with van der Waals surface area (Å²) in [6.45, 7) is 0.694. The van der Waals surface area contributed by atoms with Crippen LogP contribution in [0.4, 0.5) is 0 Å². The minimum Gasteiger partial charge on any atom is -0.496 e. The first-order valence-corrected chi connectivity index (χ1v) is 9.56. The molecule has 1 aliphatic carbocycles. The van der Waals surface area contributed by atoms with E-state index in [2.05, 4.69) is 34.6 Å². The van der Waals surface area contributed by atoms with Crippen LogP contribution in [-0.2, 0) is 0 Å². The number of ether oxygens (including phenoxy) is 1. The van der Waals surface area contributed by atoms with E-state index in [4.69, 9.17) is 4.74 Å². The number of hydrogen-bond donors (Lipinski definition) is 1. The van der Waals surface area contributed by atoms with Crippen molar-refractivity contribution in [2.75, 3.05) is 13.7 Å². The van der Waals surface area contributed by atoms with Gasteiger partial charge >= 0.3 is 0 Å². The zero-order chi connectivity index (χ0) is 17.9. The van der Waals surface area contributed by atoms with Crippen molar-refractivity contribution in [2.45, 2.75) is 12.3 Å². The first kappa shape index (κ1) is 16.8. The van der Waals surface area contributed by atoms with E-state index in [-0.39, 0.29) is 5.91 Å². The summed E-state index contributed by atoms with van der Waals surface area (Å²) in [6, 6.07) is 18.2. The van der Waals surface area contributed by atoms with Gasteiger partial charge in [0.15, 0.2) is 0 Å². The fourth-order valence-electron chi connectivity index (χ4n) is 3.22. The molecule has 1 aliphatic rings. The number of carbonyl (C=O) groups excluding carboxylic acids is 1. The van der Waals surface area contributed by atoms with E-state index in [1.807, 2.05) is 30.3 Å². The minimum absolute atomic E-state index is 0.110. The van der Waals surface area contributed by atoms with Gasteiger partial charge in [-0.1, -0.05) is 42.5 Å². The smallest absolute Gasteiger partial charge is 0.270 e. The second kappa shape index (κ2) is 7.30.